The van der Waals surface area contributed by atoms with Crippen LogP contribution in [0.5, 0.6) is 0 Å². The van der Waals surface area contributed by atoms with Gasteiger partial charge >= 0.3 is 0 Å². The van der Waals surface area contributed by atoms with Crippen molar-refractivity contribution in [2.75, 3.05) is 0 Å². The monoisotopic (exact) mass is 154 g/mol. The Morgan fingerprint density at radius 3 is 2.45 bits per heavy atom. The van der Waals surface area contributed by atoms with E-state index in [4.69, 9.17) is 0 Å². The van der Waals surface area contributed by atoms with Gasteiger partial charge in [0.05, 0.1) is 0 Å². The van der Waals surface area contributed by atoms with Crippen LogP contribution in [0.1, 0.15) is 46.0 Å². The highest BCUT2D eigenvalue weighted by atomic mass is 16.1. The maximum absolute atomic E-state index is 10.1. The molecule has 1 nitrogen and oxygen atoms in total. The summed E-state index contributed by atoms with van der Waals surface area (Å²) in [6.45, 7) is 4.29. The third-order valence-electron chi connectivity index (χ3n) is 1.86. The molecular formula is C10H18O. The molecule has 0 amide bonds. The highest BCUT2D eigenvalue weighted by Crippen LogP contribution is 2.10. The van der Waals surface area contributed by atoms with Crippen LogP contribution in [-0.2, 0) is 4.79 Å². The van der Waals surface area contributed by atoms with Crippen molar-refractivity contribution >= 4 is 6.29 Å². The van der Waals surface area contributed by atoms with Crippen LogP contribution in [0, 0.1) is 0 Å². The van der Waals surface area contributed by atoms with Gasteiger partial charge in [-0.25, -0.2) is 0 Å². The third kappa shape index (κ3) is 5.84. The van der Waals surface area contributed by atoms with Crippen molar-refractivity contribution in [1.29, 1.82) is 0 Å². The number of rotatable bonds is 6. The molecule has 0 saturated carbocycles. The van der Waals surface area contributed by atoms with Crippen LogP contribution < -0.4 is 0 Å². The summed E-state index contributed by atoms with van der Waals surface area (Å²) in [7, 11) is 0. The molecule has 64 valence electrons. The van der Waals surface area contributed by atoms with Crippen LogP contribution in [0.2, 0.25) is 0 Å². The summed E-state index contributed by atoms with van der Waals surface area (Å²) in [4.78, 5) is 10.1. The van der Waals surface area contributed by atoms with Crippen LogP contribution in [0.25, 0.3) is 0 Å². The summed E-state index contributed by atoms with van der Waals surface area (Å²) in [5, 5.41) is 0. The fourth-order valence-corrected chi connectivity index (χ4v) is 1.08. The lowest BCUT2D eigenvalue weighted by atomic mass is 10.1. The molecule has 0 atom stereocenters. The first-order chi connectivity index (χ1) is 5.35. The van der Waals surface area contributed by atoms with Gasteiger partial charge in [0.15, 0.2) is 0 Å². The topological polar surface area (TPSA) is 17.1 Å². The first kappa shape index (κ1) is 10.4. The minimum absolute atomic E-state index is 0.894. The molecule has 0 rings (SSSR count). The predicted octanol–water partition coefficient (Wildman–Crippen LogP) is 3.10. The molecule has 0 aromatic heterocycles. The summed E-state index contributed by atoms with van der Waals surface area (Å²) in [5.41, 5.74) is 1.29. The van der Waals surface area contributed by atoms with Gasteiger partial charge < -0.3 is 0 Å². The number of carbonyl (C=O) groups excluding carboxylic acids is 1. The smallest absolute Gasteiger partial charge is 0.142 e. The van der Waals surface area contributed by atoms with Crippen molar-refractivity contribution in [2.45, 2.75) is 46.0 Å². The van der Waals surface area contributed by atoms with E-state index in [-0.39, 0.29) is 0 Å². The Morgan fingerprint density at radius 2 is 2.00 bits per heavy atom. The average molecular weight is 154 g/mol. The summed E-state index contributed by atoms with van der Waals surface area (Å²) in [6.07, 6.45) is 8.46. The summed E-state index contributed by atoms with van der Waals surface area (Å²) in [6, 6.07) is 0. The average Bonchev–Trinajstić information content (AvgIpc) is 2.03. The number of unbranched alkanes of at least 4 members (excludes halogenated alkanes) is 2. The second-order valence-electron chi connectivity index (χ2n) is 2.77. The number of carbonyl (C=O) groups is 1. The number of allylic oxidation sites excluding steroid dienone is 2. The van der Waals surface area contributed by atoms with E-state index in [0.717, 1.165) is 19.1 Å². The number of hydrogen-bond donors (Lipinski definition) is 0. The Morgan fingerprint density at radius 1 is 1.27 bits per heavy atom. The molecule has 0 unspecified atom stereocenters. The van der Waals surface area contributed by atoms with Gasteiger partial charge in [-0.1, -0.05) is 32.3 Å². The van der Waals surface area contributed by atoms with E-state index >= 15 is 0 Å². The minimum atomic E-state index is 0.894. The van der Waals surface area contributed by atoms with Crippen molar-refractivity contribution in [1.82, 2.24) is 0 Å². The maximum Gasteiger partial charge on any atom is 0.142 e. The van der Waals surface area contributed by atoms with Crippen LogP contribution in [0.15, 0.2) is 11.6 Å². The first-order valence-electron chi connectivity index (χ1n) is 4.48. The predicted molar refractivity (Wildman–Crippen MR) is 48.6 cm³/mol. The van der Waals surface area contributed by atoms with Gasteiger partial charge in [-0.15, -0.1) is 0 Å². The molecule has 0 aliphatic heterocycles. The highest BCUT2D eigenvalue weighted by Gasteiger charge is 1.92. The Kier molecular flexibility index (Phi) is 7.11. The second-order valence-corrected chi connectivity index (χ2v) is 2.77. The van der Waals surface area contributed by atoms with Gasteiger partial charge in [-0.3, -0.25) is 4.79 Å². The third-order valence-corrected chi connectivity index (χ3v) is 1.86. The van der Waals surface area contributed by atoms with Crippen molar-refractivity contribution < 1.29 is 4.79 Å². The van der Waals surface area contributed by atoms with Crippen molar-refractivity contribution in [3.05, 3.63) is 11.6 Å². The molecule has 0 spiro atoms. The molecule has 0 aromatic carbocycles. The van der Waals surface area contributed by atoms with Crippen molar-refractivity contribution in [3.63, 3.8) is 0 Å². The molecule has 0 saturated heterocycles. The largest absolute Gasteiger partial charge is 0.299 e. The maximum atomic E-state index is 10.1. The van der Waals surface area contributed by atoms with Crippen LogP contribution in [-0.4, -0.2) is 6.29 Å². The normalized spacial score (nSPS) is 11.6. The Balaban J connectivity index is 3.52. The van der Waals surface area contributed by atoms with E-state index in [9.17, 15) is 4.79 Å². The van der Waals surface area contributed by atoms with E-state index in [1.54, 1.807) is 6.08 Å². The lowest BCUT2D eigenvalue weighted by molar-refractivity contribution is -0.104. The molecule has 0 aromatic rings. The van der Waals surface area contributed by atoms with E-state index in [1.165, 1.54) is 24.8 Å². The van der Waals surface area contributed by atoms with Crippen molar-refractivity contribution in [2.24, 2.45) is 0 Å². The van der Waals surface area contributed by atoms with Gasteiger partial charge in [0, 0.05) is 0 Å². The standard InChI is InChI=1S/C10H18O/c1-3-5-6-7-10(4-2)8-9-11/h8-9H,3-7H2,1-2H3/b10-8+. The Bertz CT molecular complexity index is 125. The quantitative estimate of drug-likeness (QED) is 0.326. The zero-order valence-electron chi connectivity index (χ0n) is 7.60. The molecule has 11 heavy (non-hydrogen) atoms. The summed E-state index contributed by atoms with van der Waals surface area (Å²) < 4.78 is 0. The Hall–Kier alpha value is -0.590. The van der Waals surface area contributed by atoms with E-state index in [0.29, 0.717) is 0 Å². The van der Waals surface area contributed by atoms with Gasteiger partial charge in [-0.05, 0) is 25.3 Å². The van der Waals surface area contributed by atoms with E-state index in [1.807, 2.05) is 0 Å². The Labute approximate surface area is 69.5 Å². The van der Waals surface area contributed by atoms with Gasteiger partial charge in [0.25, 0.3) is 0 Å². The van der Waals surface area contributed by atoms with Gasteiger partial charge in [0.1, 0.15) is 6.29 Å². The molecule has 0 aliphatic rings. The van der Waals surface area contributed by atoms with Crippen LogP contribution >= 0.6 is 0 Å². The molecule has 0 N–H and O–H groups in total. The van der Waals surface area contributed by atoms with E-state index in [2.05, 4.69) is 13.8 Å². The molecule has 0 fully saturated rings. The lowest BCUT2D eigenvalue weighted by Gasteiger charge is -2.00. The summed E-state index contributed by atoms with van der Waals surface area (Å²) in [5.74, 6) is 0. The highest BCUT2D eigenvalue weighted by molar-refractivity contribution is 5.66. The molecule has 0 aliphatic carbocycles. The van der Waals surface area contributed by atoms with Crippen LogP contribution in [0.4, 0.5) is 0 Å². The zero-order valence-corrected chi connectivity index (χ0v) is 7.60. The first-order valence-corrected chi connectivity index (χ1v) is 4.48. The second kappa shape index (κ2) is 7.52. The molecular weight excluding hydrogens is 136 g/mol. The fraction of sp³-hybridized carbons (Fsp3) is 0.700. The molecule has 0 bridgehead atoms. The number of hydrogen-bond acceptors (Lipinski definition) is 1. The van der Waals surface area contributed by atoms with Crippen LogP contribution in [0.3, 0.4) is 0 Å². The zero-order chi connectivity index (χ0) is 8.53. The number of aldehydes is 1. The van der Waals surface area contributed by atoms with Gasteiger partial charge in [0.2, 0.25) is 0 Å². The molecule has 1 heteroatoms. The minimum Gasteiger partial charge on any atom is -0.299 e. The van der Waals surface area contributed by atoms with Crippen molar-refractivity contribution in [3.8, 4) is 0 Å². The van der Waals surface area contributed by atoms with E-state index < -0.39 is 0 Å². The SMILES string of the molecule is CCCCC/C(=C/C=O)CC. The fourth-order valence-electron chi connectivity index (χ4n) is 1.08. The molecule has 0 heterocycles. The summed E-state index contributed by atoms with van der Waals surface area (Å²) >= 11 is 0. The lowest BCUT2D eigenvalue weighted by Crippen LogP contribution is -1.83. The van der Waals surface area contributed by atoms with Gasteiger partial charge in [-0.2, -0.15) is 0 Å². The molecule has 0 radical (unpaired) electrons.